The summed E-state index contributed by atoms with van der Waals surface area (Å²) in [4.78, 5) is 49.5. The highest BCUT2D eigenvalue weighted by Gasteiger charge is 2.76. The van der Waals surface area contributed by atoms with E-state index < -0.39 is 44.8 Å². The van der Waals surface area contributed by atoms with E-state index >= 15 is 0 Å². The van der Waals surface area contributed by atoms with E-state index in [1.807, 2.05) is 6.92 Å². The second kappa shape index (κ2) is 7.82. The average molecular weight is 402 g/mol. The normalized spacial score (nSPS) is 30.7. The Morgan fingerprint density at radius 1 is 1.17 bits per heavy atom. The van der Waals surface area contributed by atoms with E-state index in [2.05, 4.69) is 0 Å². The number of hydrogen-bond acceptors (Lipinski definition) is 6. The minimum Gasteiger partial charge on any atom is -0.322 e. The van der Waals surface area contributed by atoms with Gasteiger partial charge in [0.15, 0.2) is 18.9 Å². The molecule has 1 heterocycles. The van der Waals surface area contributed by atoms with Gasteiger partial charge in [-0.05, 0) is 12.5 Å². The van der Waals surface area contributed by atoms with E-state index in [0.717, 1.165) is 18.9 Å². The standard InChI is InChI=1S/C20H23N3O6/c1-2-3-11-21-13-19(22(26)27)10-9-18(25)20(14-21,23(28)29)17(19)12-16(24)15-7-5-4-6-8-15/h4-10,17H,2-3,11-14H2,1H3/p+1/t17-,19+,20-/m1/s1. The summed E-state index contributed by atoms with van der Waals surface area (Å²) >= 11 is 0. The molecule has 1 saturated heterocycles. The highest BCUT2D eigenvalue weighted by atomic mass is 16.6. The molecule has 154 valence electrons. The Balaban J connectivity index is 2.09. The van der Waals surface area contributed by atoms with Crippen LogP contribution in [0.25, 0.3) is 0 Å². The maximum absolute atomic E-state index is 12.8. The van der Waals surface area contributed by atoms with Gasteiger partial charge in [0, 0.05) is 27.9 Å². The number of rotatable bonds is 8. The van der Waals surface area contributed by atoms with Crippen LogP contribution in [0.4, 0.5) is 0 Å². The van der Waals surface area contributed by atoms with E-state index in [0.29, 0.717) is 17.0 Å². The molecule has 2 bridgehead atoms. The average Bonchev–Trinajstić information content (AvgIpc) is 2.70. The molecule has 0 aromatic heterocycles. The summed E-state index contributed by atoms with van der Waals surface area (Å²) in [6, 6.07) is 8.17. The van der Waals surface area contributed by atoms with Crippen molar-refractivity contribution in [2.24, 2.45) is 5.92 Å². The molecule has 9 heteroatoms. The van der Waals surface area contributed by atoms with Crippen molar-refractivity contribution < 1.29 is 24.3 Å². The van der Waals surface area contributed by atoms with E-state index in [1.165, 1.54) is 6.08 Å². The maximum atomic E-state index is 12.8. The van der Waals surface area contributed by atoms with Crippen LogP contribution < -0.4 is 4.90 Å². The fourth-order valence-corrected chi connectivity index (χ4v) is 4.71. The molecule has 0 spiro atoms. The van der Waals surface area contributed by atoms with Crippen molar-refractivity contribution in [1.29, 1.82) is 0 Å². The smallest absolute Gasteiger partial charge is 0.322 e. The molecule has 1 N–H and O–H groups in total. The van der Waals surface area contributed by atoms with Gasteiger partial charge in [0.1, 0.15) is 5.92 Å². The number of fused-ring (bicyclic) bond motifs is 2. The number of nitrogens with one attached hydrogen (secondary N) is 1. The van der Waals surface area contributed by atoms with Gasteiger partial charge in [-0.3, -0.25) is 29.8 Å². The zero-order valence-corrected chi connectivity index (χ0v) is 16.2. The van der Waals surface area contributed by atoms with E-state index in [1.54, 1.807) is 30.3 Å². The number of carbonyl (C=O) groups is 2. The molecule has 0 amide bonds. The first-order chi connectivity index (χ1) is 13.8. The fourth-order valence-electron chi connectivity index (χ4n) is 4.71. The first kappa shape index (κ1) is 20.8. The van der Waals surface area contributed by atoms with Crippen LogP contribution >= 0.6 is 0 Å². The molecule has 0 radical (unpaired) electrons. The summed E-state index contributed by atoms with van der Waals surface area (Å²) in [5.74, 6) is -2.54. The van der Waals surface area contributed by atoms with E-state index in [9.17, 15) is 29.8 Å². The van der Waals surface area contributed by atoms with Gasteiger partial charge in [0.25, 0.3) is 5.54 Å². The lowest BCUT2D eigenvalue weighted by Gasteiger charge is -2.45. The number of ketones is 2. The minimum atomic E-state index is -2.17. The molecule has 1 fully saturated rings. The number of carbonyl (C=O) groups excluding carboxylic acids is 2. The van der Waals surface area contributed by atoms with Gasteiger partial charge in [-0.25, -0.2) is 0 Å². The molecule has 3 rings (SSSR count). The van der Waals surface area contributed by atoms with Crippen molar-refractivity contribution in [2.75, 3.05) is 19.6 Å². The van der Waals surface area contributed by atoms with Crippen LogP contribution in [0.2, 0.25) is 0 Å². The molecule has 1 aliphatic heterocycles. The van der Waals surface area contributed by atoms with Crippen molar-refractivity contribution in [1.82, 2.24) is 0 Å². The molecule has 0 saturated carbocycles. The number of piperidine rings is 1. The number of hydrogen-bond donors (Lipinski definition) is 1. The van der Waals surface area contributed by atoms with E-state index in [4.69, 9.17) is 0 Å². The Morgan fingerprint density at radius 3 is 2.45 bits per heavy atom. The highest BCUT2D eigenvalue weighted by molar-refractivity contribution is 6.01. The molecule has 2 aliphatic rings. The molecular formula is C20H24N3O6+. The lowest BCUT2D eigenvalue weighted by Crippen LogP contribution is -3.19. The van der Waals surface area contributed by atoms with Crippen molar-refractivity contribution in [3.05, 3.63) is 68.3 Å². The summed E-state index contributed by atoms with van der Waals surface area (Å²) in [6.45, 7) is 2.34. The number of nitro groups is 2. The Kier molecular flexibility index (Phi) is 5.61. The van der Waals surface area contributed by atoms with Gasteiger partial charge in [0.2, 0.25) is 5.78 Å². The van der Waals surface area contributed by atoms with Crippen LogP contribution in [0.5, 0.6) is 0 Å². The number of unbranched alkanes of at least 4 members (excludes halogenated alkanes) is 1. The third-order valence-corrected chi connectivity index (χ3v) is 6.22. The zero-order chi connectivity index (χ0) is 21.2. The van der Waals surface area contributed by atoms with Crippen LogP contribution in [-0.4, -0.2) is 52.1 Å². The summed E-state index contributed by atoms with van der Waals surface area (Å²) in [5, 5.41) is 24.4. The van der Waals surface area contributed by atoms with Crippen molar-refractivity contribution in [2.45, 2.75) is 37.3 Å². The van der Waals surface area contributed by atoms with Gasteiger partial charge in [0.05, 0.1) is 6.54 Å². The second-order valence-corrected chi connectivity index (χ2v) is 7.88. The van der Waals surface area contributed by atoms with Crippen molar-refractivity contribution in [3.63, 3.8) is 0 Å². The topological polar surface area (TPSA) is 125 Å². The number of Topliss-reactive ketones (excluding diaryl/α,β-unsaturated/α-hetero) is 1. The Labute approximate surface area is 167 Å². The lowest BCUT2D eigenvalue weighted by atomic mass is 9.60. The summed E-state index contributed by atoms with van der Waals surface area (Å²) in [6.07, 6.45) is 3.31. The predicted octanol–water partition coefficient (Wildman–Crippen LogP) is 0.744. The molecule has 1 aromatic rings. The van der Waals surface area contributed by atoms with E-state index in [-0.39, 0.29) is 13.1 Å². The number of quaternary nitrogens is 1. The summed E-state index contributed by atoms with van der Waals surface area (Å²) in [7, 11) is 0. The van der Waals surface area contributed by atoms with Crippen LogP contribution in [0.1, 0.15) is 36.5 Å². The highest BCUT2D eigenvalue weighted by Crippen LogP contribution is 2.42. The molecular weight excluding hydrogens is 378 g/mol. The van der Waals surface area contributed by atoms with Crippen LogP contribution in [0, 0.1) is 26.1 Å². The van der Waals surface area contributed by atoms with Gasteiger partial charge in [-0.15, -0.1) is 0 Å². The lowest BCUT2D eigenvalue weighted by molar-refractivity contribution is -0.943. The first-order valence-corrected chi connectivity index (χ1v) is 9.72. The number of nitrogens with zero attached hydrogens (tertiary/aromatic N) is 2. The number of likely N-dealkylation sites (tertiary alicyclic amines) is 1. The predicted molar refractivity (Wildman–Crippen MR) is 103 cm³/mol. The molecule has 1 aliphatic carbocycles. The second-order valence-electron chi connectivity index (χ2n) is 7.88. The van der Waals surface area contributed by atoms with Crippen molar-refractivity contribution >= 4 is 11.6 Å². The summed E-state index contributed by atoms with van der Waals surface area (Å²) < 4.78 is 0. The van der Waals surface area contributed by atoms with Gasteiger partial charge < -0.3 is 4.90 Å². The maximum Gasteiger partial charge on any atom is 0.340 e. The third-order valence-electron chi connectivity index (χ3n) is 6.22. The van der Waals surface area contributed by atoms with Crippen LogP contribution in [0.3, 0.4) is 0 Å². The third kappa shape index (κ3) is 3.35. The zero-order valence-electron chi connectivity index (χ0n) is 16.2. The van der Waals surface area contributed by atoms with Crippen molar-refractivity contribution in [3.8, 4) is 0 Å². The Bertz CT molecular complexity index is 870. The quantitative estimate of drug-likeness (QED) is 0.388. The monoisotopic (exact) mass is 402 g/mol. The Morgan fingerprint density at radius 2 is 1.86 bits per heavy atom. The molecule has 9 nitrogen and oxygen atoms in total. The fraction of sp³-hybridized carbons (Fsp3) is 0.500. The molecule has 1 aromatic carbocycles. The summed E-state index contributed by atoms with van der Waals surface area (Å²) in [5.41, 5.74) is -3.68. The first-order valence-electron chi connectivity index (χ1n) is 9.72. The number of benzene rings is 1. The van der Waals surface area contributed by atoms with Gasteiger partial charge in [-0.1, -0.05) is 43.7 Å². The van der Waals surface area contributed by atoms with Crippen LogP contribution in [0.15, 0.2) is 42.5 Å². The Hall–Kier alpha value is -2.94. The van der Waals surface area contributed by atoms with Gasteiger partial charge in [-0.2, -0.15) is 0 Å². The molecule has 4 atom stereocenters. The SMILES string of the molecule is CCCC[NH+]1C[C@@]2([N+](=O)[O-])C=CC(=O)[C@@]([N+](=O)[O-])(C1)[C@@H]2CC(=O)c1ccccc1. The van der Waals surface area contributed by atoms with Gasteiger partial charge >= 0.3 is 5.54 Å². The largest absolute Gasteiger partial charge is 0.340 e. The molecule has 1 unspecified atom stereocenters. The van der Waals surface area contributed by atoms with Crippen LogP contribution in [-0.2, 0) is 4.79 Å². The minimum absolute atomic E-state index is 0.0199. The molecule has 29 heavy (non-hydrogen) atoms.